The smallest absolute Gasteiger partial charge is 0.0738 e. The van der Waals surface area contributed by atoms with Crippen molar-refractivity contribution in [1.29, 1.82) is 0 Å². The Bertz CT molecular complexity index is 571. The van der Waals surface area contributed by atoms with Crippen molar-refractivity contribution in [2.24, 2.45) is 0 Å². The van der Waals surface area contributed by atoms with Gasteiger partial charge in [-0.05, 0) is 54.9 Å². The highest BCUT2D eigenvalue weighted by molar-refractivity contribution is 9.10. The average Bonchev–Trinajstić information content (AvgIpc) is 2.84. The second-order valence-electron chi connectivity index (χ2n) is 4.72. The van der Waals surface area contributed by atoms with E-state index in [-0.39, 0.29) is 0 Å². The van der Waals surface area contributed by atoms with Crippen LogP contribution in [0, 0.1) is 20.8 Å². The Morgan fingerprint density at radius 1 is 1.37 bits per heavy atom. The molecule has 2 aromatic rings. The van der Waals surface area contributed by atoms with Crippen LogP contribution in [0.1, 0.15) is 33.6 Å². The third kappa shape index (κ3) is 3.27. The molecule has 2 heterocycles. The SMILES string of the molecule is CCNCc1cc(Cn2nc(C)c(Br)c2C)c(C)s1. The van der Waals surface area contributed by atoms with Gasteiger partial charge in [-0.3, -0.25) is 4.68 Å². The van der Waals surface area contributed by atoms with Crippen molar-refractivity contribution in [2.45, 2.75) is 40.8 Å². The van der Waals surface area contributed by atoms with Gasteiger partial charge in [-0.2, -0.15) is 5.10 Å². The highest BCUT2D eigenvalue weighted by Gasteiger charge is 2.11. The molecule has 0 aromatic carbocycles. The highest BCUT2D eigenvalue weighted by Crippen LogP contribution is 2.25. The summed E-state index contributed by atoms with van der Waals surface area (Å²) < 4.78 is 3.19. The van der Waals surface area contributed by atoms with Gasteiger partial charge in [0.15, 0.2) is 0 Å². The van der Waals surface area contributed by atoms with E-state index < -0.39 is 0 Å². The quantitative estimate of drug-likeness (QED) is 0.896. The molecule has 0 bridgehead atoms. The maximum absolute atomic E-state index is 4.58. The molecule has 5 heteroatoms. The lowest BCUT2D eigenvalue weighted by molar-refractivity contribution is 0.657. The first-order valence-corrected chi connectivity index (χ1v) is 8.12. The minimum Gasteiger partial charge on any atom is -0.312 e. The molecule has 0 saturated heterocycles. The first kappa shape index (κ1) is 14.8. The van der Waals surface area contributed by atoms with Crippen molar-refractivity contribution in [3.8, 4) is 0 Å². The van der Waals surface area contributed by atoms with Gasteiger partial charge in [0.2, 0.25) is 0 Å². The van der Waals surface area contributed by atoms with E-state index in [0.717, 1.165) is 29.8 Å². The van der Waals surface area contributed by atoms with Crippen LogP contribution in [-0.2, 0) is 13.1 Å². The van der Waals surface area contributed by atoms with E-state index in [2.05, 4.69) is 57.9 Å². The molecule has 2 rings (SSSR count). The molecule has 2 aromatic heterocycles. The van der Waals surface area contributed by atoms with E-state index in [1.54, 1.807) is 0 Å². The summed E-state index contributed by atoms with van der Waals surface area (Å²) >= 11 is 5.46. The van der Waals surface area contributed by atoms with Gasteiger partial charge in [0, 0.05) is 16.3 Å². The van der Waals surface area contributed by atoms with Gasteiger partial charge in [-0.1, -0.05) is 6.92 Å². The van der Waals surface area contributed by atoms with Gasteiger partial charge in [-0.15, -0.1) is 11.3 Å². The molecule has 0 aliphatic carbocycles. The fourth-order valence-electron chi connectivity index (χ4n) is 2.07. The fraction of sp³-hybridized carbons (Fsp3) is 0.500. The van der Waals surface area contributed by atoms with E-state index in [0.29, 0.717) is 0 Å². The Morgan fingerprint density at radius 3 is 2.68 bits per heavy atom. The van der Waals surface area contributed by atoms with Gasteiger partial charge in [0.1, 0.15) is 0 Å². The molecular formula is C14H20BrN3S. The van der Waals surface area contributed by atoms with E-state index in [1.165, 1.54) is 21.0 Å². The largest absolute Gasteiger partial charge is 0.312 e. The van der Waals surface area contributed by atoms with Gasteiger partial charge < -0.3 is 5.32 Å². The van der Waals surface area contributed by atoms with Crippen LogP contribution in [0.15, 0.2) is 10.5 Å². The zero-order valence-corrected chi connectivity index (χ0v) is 14.3. The van der Waals surface area contributed by atoms with Crippen LogP contribution >= 0.6 is 27.3 Å². The van der Waals surface area contributed by atoms with E-state index in [1.807, 2.05) is 18.3 Å². The van der Waals surface area contributed by atoms with Crippen LogP contribution in [0.5, 0.6) is 0 Å². The third-order valence-electron chi connectivity index (χ3n) is 3.23. The molecule has 0 aliphatic rings. The summed E-state index contributed by atoms with van der Waals surface area (Å²) in [6, 6.07) is 2.30. The second kappa shape index (κ2) is 6.20. The minimum atomic E-state index is 0.854. The monoisotopic (exact) mass is 341 g/mol. The predicted molar refractivity (Wildman–Crippen MR) is 84.9 cm³/mol. The molecule has 0 unspecified atom stereocenters. The van der Waals surface area contributed by atoms with Gasteiger partial charge >= 0.3 is 0 Å². The Balaban J connectivity index is 2.18. The molecule has 0 atom stereocenters. The number of rotatable bonds is 5. The van der Waals surface area contributed by atoms with Gasteiger partial charge in [0.05, 0.1) is 22.4 Å². The van der Waals surface area contributed by atoms with Crippen molar-refractivity contribution >= 4 is 27.3 Å². The van der Waals surface area contributed by atoms with Crippen molar-refractivity contribution in [2.75, 3.05) is 6.54 Å². The van der Waals surface area contributed by atoms with Crippen molar-refractivity contribution in [3.05, 3.63) is 37.2 Å². The summed E-state index contributed by atoms with van der Waals surface area (Å²) in [4.78, 5) is 2.78. The minimum absolute atomic E-state index is 0.854. The topological polar surface area (TPSA) is 29.9 Å². The molecule has 0 amide bonds. The molecule has 0 saturated carbocycles. The number of thiophene rings is 1. The van der Waals surface area contributed by atoms with E-state index >= 15 is 0 Å². The van der Waals surface area contributed by atoms with Gasteiger partial charge in [0.25, 0.3) is 0 Å². The lowest BCUT2D eigenvalue weighted by Gasteiger charge is -2.03. The average molecular weight is 342 g/mol. The molecule has 0 radical (unpaired) electrons. The lowest BCUT2D eigenvalue weighted by atomic mass is 10.2. The van der Waals surface area contributed by atoms with E-state index in [9.17, 15) is 0 Å². The summed E-state index contributed by atoms with van der Waals surface area (Å²) in [5.74, 6) is 0. The number of halogens is 1. The summed E-state index contributed by atoms with van der Waals surface area (Å²) in [6.07, 6.45) is 0. The summed E-state index contributed by atoms with van der Waals surface area (Å²) in [7, 11) is 0. The Kier molecular flexibility index (Phi) is 4.81. The zero-order valence-electron chi connectivity index (χ0n) is 11.9. The summed E-state index contributed by atoms with van der Waals surface area (Å²) in [5, 5.41) is 7.95. The highest BCUT2D eigenvalue weighted by atomic mass is 79.9. The Morgan fingerprint density at radius 2 is 2.11 bits per heavy atom. The number of hydrogen-bond acceptors (Lipinski definition) is 3. The van der Waals surface area contributed by atoms with Crippen LogP contribution in [0.2, 0.25) is 0 Å². The predicted octanol–water partition coefficient (Wildman–Crippen LogP) is 3.79. The first-order chi connectivity index (χ1) is 9.02. The third-order valence-corrected chi connectivity index (χ3v) is 5.47. The van der Waals surface area contributed by atoms with E-state index in [4.69, 9.17) is 0 Å². The molecule has 3 nitrogen and oxygen atoms in total. The van der Waals surface area contributed by atoms with Crippen LogP contribution in [-0.4, -0.2) is 16.3 Å². The Labute approximate surface area is 127 Å². The molecular weight excluding hydrogens is 322 g/mol. The first-order valence-electron chi connectivity index (χ1n) is 6.51. The summed E-state index contributed by atoms with van der Waals surface area (Å²) in [5.41, 5.74) is 3.62. The van der Waals surface area contributed by atoms with Crippen LogP contribution in [0.4, 0.5) is 0 Å². The number of nitrogens with one attached hydrogen (secondary N) is 1. The lowest BCUT2D eigenvalue weighted by Crippen LogP contribution is -2.10. The second-order valence-corrected chi connectivity index (χ2v) is 6.85. The number of aryl methyl sites for hydroxylation is 2. The normalized spacial score (nSPS) is 11.2. The molecule has 0 fully saturated rings. The van der Waals surface area contributed by atoms with Crippen LogP contribution in [0.3, 0.4) is 0 Å². The summed E-state index contributed by atoms with van der Waals surface area (Å²) in [6.45, 7) is 11.3. The van der Waals surface area contributed by atoms with Crippen LogP contribution in [0.25, 0.3) is 0 Å². The van der Waals surface area contributed by atoms with Gasteiger partial charge in [-0.25, -0.2) is 0 Å². The maximum atomic E-state index is 4.58. The molecule has 0 aliphatic heterocycles. The van der Waals surface area contributed by atoms with Crippen LogP contribution < -0.4 is 5.32 Å². The number of hydrogen-bond donors (Lipinski definition) is 1. The Hall–Kier alpha value is -0.650. The van der Waals surface area contributed by atoms with Crippen molar-refractivity contribution in [3.63, 3.8) is 0 Å². The maximum Gasteiger partial charge on any atom is 0.0738 e. The standard InChI is InChI=1S/C14H20BrN3S/c1-5-16-7-13-6-12(11(4)19-13)8-18-10(3)14(15)9(2)17-18/h6,16H,5,7-8H2,1-4H3. The zero-order chi connectivity index (χ0) is 14.0. The van der Waals surface area contributed by atoms with Crippen molar-refractivity contribution in [1.82, 2.24) is 15.1 Å². The molecule has 1 N–H and O–H groups in total. The molecule has 19 heavy (non-hydrogen) atoms. The molecule has 104 valence electrons. The molecule has 0 spiro atoms. The number of nitrogens with zero attached hydrogens (tertiary/aromatic N) is 2. The fourth-order valence-corrected chi connectivity index (χ4v) is 3.38. The van der Waals surface area contributed by atoms with Crippen molar-refractivity contribution < 1.29 is 0 Å². The number of aromatic nitrogens is 2.